The Bertz CT molecular complexity index is 1270. The van der Waals surface area contributed by atoms with Gasteiger partial charge in [0.15, 0.2) is 0 Å². The minimum absolute atomic E-state index is 0.00503. The fraction of sp³-hybridized carbons (Fsp3) is 0.757. The predicted molar refractivity (Wildman–Crippen MR) is 162 cm³/mol. The van der Waals surface area contributed by atoms with Crippen LogP contribution >= 0.6 is 0 Å². The molecule has 0 bridgehead atoms. The highest BCUT2D eigenvalue weighted by Gasteiger charge is 2.73. The summed E-state index contributed by atoms with van der Waals surface area (Å²) in [6.07, 6.45) is 8.09. The smallest absolute Gasteiger partial charge is 0.312 e. The second-order valence-electron chi connectivity index (χ2n) is 16.9. The third-order valence-corrected chi connectivity index (χ3v) is 14.0. The Morgan fingerprint density at radius 2 is 1.55 bits per heavy atom. The zero-order valence-corrected chi connectivity index (χ0v) is 27.0. The molecule has 6 rings (SSSR count). The highest BCUT2D eigenvalue weighted by molar-refractivity contribution is 5.87. The molecule has 1 aliphatic heterocycles. The van der Waals surface area contributed by atoms with Crippen molar-refractivity contribution in [2.45, 2.75) is 125 Å². The molecule has 5 heteroatoms. The molecule has 1 heterocycles. The van der Waals surface area contributed by atoms with Gasteiger partial charge in [-0.15, -0.1) is 0 Å². The van der Waals surface area contributed by atoms with Gasteiger partial charge >= 0.3 is 11.9 Å². The summed E-state index contributed by atoms with van der Waals surface area (Å²) < 4.78 is 12.1. The van der Waals surface area contributed by atoms with Gasteiger partial charge in [-0.05, 0) is 104 Å². The van der Waals surface area contributed by atoms with Gasteiger partial charge in [0.25, 0.3) is 0 Å². The molecule has 5 aliphatic rings. The number of carbonyl (C=O) groups excluding carboxylic acids is 3. The lowest BCUT2D eigenvalue weighted by Gasteiger charge is -2.71. The molecule has 0 aromatic heterocycles. The van der Waals surface area contributed by atoms with E-state index in [1.807, 2.05) is 30.3 Å². The summed E-state index contributed by atoms with van der Waals surface area (Å²) >= 11 is 0. The van der Waals surface area contributed by atoms with Crippen LogP contribution < -0.4 is 0 Å². The van der Waals surface area contributed by atoms with Gasteiger partial charge in [0.2, 0.25) is 0 Å². The topological polar surface area (TPSA) is 69.7 Å². The first kappa shape index (κ1) is 29.9. The van der Waals surface area contributed by atoms with Crippen LogP contribution in [0.3, 0.4) is 0 Å². The molecule has 42 heavy (non-hydrogen) atoms. The van der Waals surface area contributed by atoms with Crippen LogP contribution in [0.15, 0.2) is 30.3 Å². The van der Waals surface area contributed by atoms with Gasteiger partial charge in [0.05, 0.1) is 5.41 Å². The zero-order chi connectivity index (χ0) is 30.3. The van der Waals surface area contributed by atoms with E-state index in [2.05, 4.69) is 48.5 Å². The van der Waals surface area contributed by atoms with E-state index in [9.17, 15) is 14.4 Å². The minimum Gasteiger partial charge on any atom is -0.460 e. The van der Waals surface area contributed by atoms with Gasteiger partial charge in [0, 0.05) is 24.7 Å². The van der Waals surface area contributed by atoms with Crippen LogP contribution in [0.5, 0.6) is 0 Å². The molecule has 0 N–H and O–H groups in total. The number of benzene rings is 1. The lowest BCUT2D eigenvalue weighted by molar-refractivity contribution is -0.237. The number of fused-ring (bicyclic) bond motifs is 7. The standard InChI is InChI=1S/C37H52O5/c1-32(2)17-19-37(31(40)41-23-24-11-9-8-10-12-24)20-18-36(7)30(25(37)22-32)26(38)21-28-34(5)15-14-29(39)42-33(3,4)27(34)13-16-35(28,36)6/h8-12,25,27-28,30H,13-23H2,1-7H3/t25-,27-,28?,30?,34-,35+,36+,37-/m0/s1. The molecule has 1 aromatic rings. The largest absolute Gasteiger partial charge is 0.460 e. The van der Waals surface area contributed by atoms with E-state index < -0.39 is 11.0 Å². The van der Waals surface area contributed by atoms with Crippen molar-refractivity contribution in [2.75, 3.05) is 0 Å². The molecule has 230 valence electrons. The summed E-state index contributed by atoms with van der Waals surface area (Å²) in [5.41, 5.74) is -0.469. The van der Waals surface area contributed by atoms with Gasteiger partial charge in [-0.1, -0.05) is 65.0 Å². The van der Waals surface area contributed by atoms with E-state index in [4.69, 9.17) is 9.47 Å². The molecule has 5 nitrogen and oxygen atoms in total. The first-order valence-electron chi connectivity index (χ1n) is 16.5. The fourth-order valence-corrected chi connectivity index (χ4v) is 11.6. The van der Waals surface area contributed by atoms with Crippen LogP contribution in [0.2, 0.25) is 0 Å². The number of hydrogen-bond donors (Lipinski definition) is 0. The number of carbonyl (C=O) groups is 3. The summed E-state index contributed by atoms with van der Waals surface area (Å²) in [6, 6.07) is 9.93. The molecule has 8 atom stereocenters. The zero-order valence-electron chi connectivity index (χ0n) is 27.0. The number of esters is 2. The normalized spacial score (nSPS) is 43.9. The van der Waals surface area contributed by atoms with E-state index in [0.717, 1.165) is 56.9 Å². The van der Waals surface area contributed by atoms with Gasteiger partial charge in [-0.25, -0.2) is 0 Å². The van der Waals surface area contributed by atoms with Crippen molar-refractivity contribution in [3.63, 3.8) is 0 Å². The van der Waals surface area contributed by atoms with Crippen LogP contribution in [0.25, 0.3) is 0 Å². The van der Waals surface area contributed by atoms with Crippen molar-refractivity contribution in [3.05, 3.63) is 35.9 Å². The molecule has 2 unspecified atom stereocenters. The molecule has 1 aromatic carbocycles. The van der Waals surface area contributed by atoms with Gasteiger partial charge in [0.1, 0.15) is 18.0 Å². The van der Waals surface area contributed by atoms with E-state index in [-0.39, 0.29) is 63.9 Å². The van der Waals surface area contributed by atoms with E-state index in [0.29, 0.717) is 18.6 Å². The van der Waals surface area contributed by atoms with Gasteiger partial charge in [-0.2, -0.15) is 0 Å². The summed E-state index contributed by atoms with van der Waals surface area (Å²) in [6.45, 7) is 16.3. The minimum atomic E-state index is -0.598. The van der Waals surface area contributed by atoms with Gasteiger partial charge in [-0.3, -0.25) is 14.4 Å². The molecular weight excluding hydrogens is 524 g/mol. The van der Waals surface area contributed by atoms with Crippen LogP contribution in [-0.2, 0) is 30.5 Å². The molecule has 5 fully saturated rings. The Hall–Kier alpha value is -2.17. The lowest BCUT2D eigenvalue weighted by Crippen LogP contribution is -2.69. The van der Waals surface area contributed by atoms with Crippen LogP contribution in [-0.4, -0.2) is 23.3 Å². The molecule has 0 radical (unpaired) electrons. The Labute approximate surface area is 252 Å². The Morgan fingerprint density at radius 3 is 2.26 bits per heavy atom. The lowest BCUT2D eigenvalue weighted by atomic mass is 9.32. The van der Waals surface area contributed by atoms with E-state index in [1.165, 1.54) is 0 Å². The molecule has 4 aliphatic carbocycles. The average Bonchev–Trinajstić information content (AvgIpc) is 3.01. The van der Waals surface area contributed by atoms with Crippen molar-refractivity contribution < 1.29 is 23.9 Å². The Kier molecular flexibility index (Phi) is 6.88. The third kappa shape index (κ3) is 4.25. The molecule has 1 saturated heterocycles. The summed E-state index contributed by atoms with van der Waals surface area (Å²) in [7, 11) is 0. The first-order chi connectivity index (χ1) is 19.6. The second-order valence-corrected chi connectivity index (χ2v) is 16.9. The van der Waals surface area contributed by atoms with Crippen molar-refractivity contribution in [2.24, 2.45) is 50.7 Å². The van der Waals surface area contributed by atoms with E-state index >= 15 is 0 Å². The maximum absolute atomic E-state index is 14.7. The number of cyclic esters (lactones) is 1. The van der Waals surface area contributed by atoms with Crippen LogP contribution in [0.4, 0.5) is 0 Å². The monoisotopic (exact) mass is 576 g/mol. The number of hydrogen-bond acceptors (Lipinski definition) is 5. The van der Waals surface area contributed by atoms with Crippen molar-refractivity contribution in [1.29, 1.82) is 0 Å². The summed E-state index contributed by atoms with van der Waals surface area (Å²) in [4.78, 5) is 41.6. The van der Waals surface area contributed by atoms with Crippen molar-refractivity contribution in [3.8, 4) is 0 Å². The number of ketones is 1. The average molecular weight is 577 g/mol. The molecule has 0 amide bonds. The van der Waals surface area contributed by atoms with Crippen LogP contribution in [0, 0.1) is 50.7 Å². The second kappa shape index (κ2) is 9.66. The maximum Gasteiger partial charge on any atom is 0.312 e. The third-order valence-electron chi connectivity index (χ3n) is 14.0. The molecule has 0 spiro atoms. The van der Waals surface area contributed by atoms with E-state index in [1.54, 1.807) is 0 Å². The van der Waals surface area contributed by atoms with Crippen molar-refractivity contribution >= 4 is 17.7 Å². The molecular formula is C37H52O5. The predicted octanol–water partition coefficient (Wildman–Crippen LogP) is 8.09. The number of rotatable bonds is 3. The highest BCUT2D eigenvalue weighted by atomic mass is 16.6. The fourth-order valence-electron chi connectivity index (χ4n) is 11.6. The summed E-state index contributed by atoms with van der Waals surface area (Å²) in [5, 5.41) is 0. The van der Waals surface area contributed by atoms with Crippen molar-refractivity contribution in [1.82, 2.24) is 0 Å². The Balaban J connectivity index is 1.37. The SMILES string of the molecule is CC1(C)CC[C@]2(C(=O)OCc3ccccc3)CC[C@]3(C)C(C(=O)CC4[C@@]5(C)CCC(=O)OC(C)(C)[C@@H]5CC[C@]43C)[C@@H]2C1. The maximum atomic E-state index is 14.7. The summed E-state index contributed by atoms with van der Waals surface area (Å²) in [5.74, 6) is 0.420. The highest BCUT2D eigenvalue weighted by Crippen LogP contribution is 2.75. The van der Waals surface area contributed by atoms with Crippen LogP contribution in [0.1, 0.15) is 118 Å². The Morgan fingerprint density at radius 1 is 0.857 bits per heavy atom. The number of ether oxygens (including phenoxy) is 2. The number of Topliss-reactive ketones (excluding diaryl/α,β-unsaturated/α-hetero) is 1. The first-order valence-corrected chi connectivity index (χ1v) is 16.5. The van der Waals surface area contributed by atoms with Gasteiger partial charge < -0.3 is 9.47 Å². The quantitative estimate of drug-likeness (QED) is 0.340. The molecule has 4 saturated carbocycles.